The van der Waals surface area contributed by atoms with Crippen LogP contribution in [0.25, 0.3) is 0 Å². The van der Waals surface area contributed by atoms with Gasteiger partial charge in [0.05, 0.1) is 5.69 Å². The van der Waals surface area contributed by atoms with Gasteiger partial charge in [0.25, 0.3) is 0 Å². The summed E-state index contributed by atoms with van der Waals surface area (Å²) in [6, 6.07) is 3.99. The van der Waals surface area contributed by atoms with Crippen molar-refractivity contribution in [2.24, 2.45) is 10.8 Å². The highest BCUT2D eigenvalue weighted by Gasteiger charge is 2.44. The number of carbonyl (C=O) groups is 2. The maximum absolute atomic E-state index is 12.6. The molecule has 8 heteroatoms. The molecule has 0 saturated carbocycles. The van der Waals surface area contributed by atoms with Crippen molar-refractivity contribution in [3.8, 4) is 0 Å². The van der Waals surface area contributed by atoms with Crippen molar-refractivity contribution in [2.45, 2.75) is 73.8 Å². The maximum atomic E-state index is 12.6. The van der Waals surface area contributed by atoms with Crippen molar-refractivity contribution < 1.29 is 14.3 Å². The highest BCUT2D eigenvalue weighted by molar-refractivity contribution is 5.82. The first-order valence-corrected chi connectivity index (χ1v) is 12.0. The summed E-state index contributed by atoms with van der Waals surface area (Å²) >= 11 is 0. The molecule has 3 rings (SSSR count). The summed E-state index contributed by atoms with van der Waals surface area (Å²) in [6.07, 6.45) is 3.80. The number of rotatable bonds is 5. The van der Waals surface area contributed by atoms with Crippen molar-refractivity contribution in [3.05, 3.63) is 12.1 Å². The normalized spacial score (nSPS) is 20.7. The molecule has 1 spiro atoms. The third-order valence-corrected chi connectivity index (χ3v) is 6.25. The van der Waals surface area contributed by atoms with E-state index >= 15 is 0 Å². The number of ether oxygens (including phenoxy) is 1. The lowest BCUT2D eigenvalue weighted by atomic mass is 9.79. The lowest BCUT2D eigenvalue weighted by Gasteiger charge is -2.41. The summed E-state index contributed by atoms with van der Waals surface area (Å²) in [7, 11) is 1.84. The van der Waals surface area contributed by atoms with E-state index in [0.29, 0.717) is 12.4 Å². The van der Waals surface area contributed by atoms with Gasteiger partial charge in [-0.1, -0.05) is 28.2 Å². The first-order valence-electron chi connectivity index (χ1n) is 12.0. The fraction of sp³-hybridized carbons (Fsp3) is 0.731. The Balaban J connectivity index is 0.00000408. The first-order chi connectivity index (χ1) is 15.3. The summed E-state index contributed by atoms with van der Waals surface area (Å²) in [5.41, 5.74) is 0.348. The summed E-state index contributed by atoms with van der Waals surface area (Å²) in [4.78, 5) is 35.2. The Bertz CT molecular complexity index is 861. The van der Waals surface area contributed by atoms with Crippen LogP contribution < -0.4 is 15.1 Å². The third kappa shape index (κ3) is 6.76. The van der Waals surface area contributed by atoms with Crippen LogP contribution in [0.3, 0.4) is 0 Å². The van der Waals surface area contributed by atoms with E-state index in [1.165, 1.54) is 0 Å². The number of hydrogen-bond donors (Lipinski definition) is 1. The van der Waals surface area contributed by atoms with E-state index in [-0.39, 0.29) is 24.3 Å². The van der Waals surface area contributed by atoms with Crippen molar-refractivity contribution in [2.75, 3.05) is 54.9 Å². The molecule has 1 aromatic heterocycles. The van der Waals surface area contributed by atoms with Gasteiger partial charge in [0, 0.05) is 45.2 Å². The van der Waals surface area contributed by atoms with Gasteiger partial charge in [-0.3, -0.25) is 4.79 Å². The van der Waals surface area contributed by atoms with E-state index < -0.39 is 5.60 Å². The molecular formula is C26H45N5O3. The number of pyridine rings is 1. The number of carbonyl (C=O) groups excluding carboxylic acids is 2. The Morgan fingerprint density at radius 3 is 2.47 bits per heavy atom. The van der Waals surface area contributed by atoms with Crippen molar-refractivity contribution in [1.29, 1.82) is 0 Å². The maximum Gasteiger partial charge on any atom is 0.410 e. The van der Waals surface area contributed by atoms with Crippen LogP contribution in [0.1, 0.15) is 68.2 Å². The van der Waals surface area contributed by atoms with Gasteiger partial charge in [0.15, 0.2) is 5.82 Å². The molecule has 0 aliphatic carbocycles. The monoisotopic (exact) mass is 475 g/mol. The molecule has 2 aliphatic heterocycles. The van der Waals surface area contributed by atoms with Gasteiger partial charge >= 0.3 is 6.09 Å². The number of amides is 2. The fourth-order valence-electron chi connectivity index (χ4n) is 4.88. The molecule has 2 fully saturated rings. The molecule has 34 heavy (non-hydrogen) atoms. The molecule has 2 saturated heterocycles. The number of likely N-dealkylation sites (tertiary alicyclic amines) is 1. The van der Waals surface area contributed by atoms with E-state index in [1.807, 2.05) is 44.9 Å². The van der Waals surface area contributed by atoms with Crippen LogP contribution >= 0.6 is 0 Å². The van der Waals surface area contributed by atoms with Gasteiger partial charge in [0.2, 0.25) is 6.41 Å². The number of hydrogen-bond acceptors (Lipinski definition) is 6. The zero-order valence-corrected chi connectivity index (χ0v) is 21.4. The molecule has 2 amide bonds. The molecule has 0 bridgehead atoms. The topological polar surface area (TPSA) is 78.0 Å². The molecule has 0 aromatic carbocycles. The lowest BCUT2D eigenvalue weighted by Crippen LogP contribution is -2.46. The molecule has 1 N–H and O–H groups in total. The van der Waals surface area contributed by atoms with Crippen LogP contribution in [-0.4, -0.2) is 67.8 Å². The zero-order valence-electron chi connectivity index (χ0n) is 21.4. The second kappa shape index (κ2) is 10.4. The lowest BCUT2D eigenvalue weighted by molar-refractivity contribution is -0.107. The minimum absolute atomic E-state index is 0. The Morgan fingerprint density at radius 2 is 1.88 bits per heavy atom. The summed E-state index contributed by atoms with van der Waals surface area (Å²) in [6.45, 7) is 15.9. The smallest absolute Gasteiger partial charge is 0.410 e. The highest BCUT2D eigenvalue weighted by atomic mass is 16.6. The Kier molecular flexibility index (Phi) is 8.48. The molecular weight excluding hydrogens is 430 g/mol. The van der Waals surface area contributed by atoms with Gasteiger partial charge in [-0.25, -0.2) is 9.78 Å². The van der Waals surface area contributed by atoms with Gasteiger partial charge in [-0.15, -0.1) is 0 Å². The highest BCUT2D eigenvalue weighted by Crippen LogP contribution is 2.41. The minimum Gasteiger partial charge on any atom is -0.444 e. The minimum atomic E-state index is -0.483. The van der Waals surface area contributed by atoms with E-state index in [0.717, 1.165) is 63.4 Å². The summed E-state index contributed by atoms with van der Waals surface area (Å²) in [5, 5.41) is 3.17. The molecule has 3 heterocycles. The Morgan fingerprint density at radius 1 is 1.18 bits per heavy atom. The standard InChI is InChI=1S/C25H41N5O3.CH4/c1-23(2,3)15-30(18-31)19-9-10-20(27-21(19)26-7)28-13-8-11-25(16-28)12-14-29(17-25)22(32)33-24(4,5)6;/h9-10,18H,8,11-17H2,1-7H3,(H,26,27);1H4. The van der Waals surface area contributed by atoms with Crippen molar-refractivity contribution in [1.82, 2.24) is 9.88 Å². The zero-order chi connectivity index (χ0) is 24.4. The predicted octanol–water partition coefficient (Wildman–Crippen LogP) is 5.00. The number of piperidine rings is 1. The third-order valence-electron chi connectivity index (χ3n) is 6.25. The number of nitrogens with zero attached hydrogens (tertiary/aromatic N) is 4. The second-order valence-electron chi connectivity index (χ2n) is 11.8. The number of anilines is 3. The van der Waals surface area contributed by atoms with Gasteiger partial charge < -0.3 is 24.8 Å². The van der Waals surface area contributed by atoms with E-state index in [4.69, 9.17) is 9.72 Å². The number of aromatic nitrogens is 1. The van der Waals surface area contributed by atoms with Gasteiger partial charge in [0.1, 0.15) is 11.4 Å². The van der Waals surface area contributed by atoms with Crippen LogP contribution in [-0.2, 0) is 9.53 Å². The van der Waals surface area contributed by atoms with Crippen LogP contribution in [0, 0.1) is 10.8 Å². The molecule has 1 atom stereocenters. The van der Waals surface area contributed by atoms with Gasteiger partial charge in [-0.05, 0) is 57.6 Å². The molecule has 1 aromatic rings. The summed E-state index contributed by atoms with van der Waals surface area (Å²) in [5.74, 6) is 1.60. The average molecular weight is 476 g/mol. The van der Waals surface area contributed by atoms with Crippen LogP contribution in [0.2, 0.25) is 0 Å². The SMILES string of the molecule is C.CNc1nc(N2CCCC3(CCN(C(=O)OC(C)(C)C)C3)C2)ccc1N(C=O)CC(C)(C)C. The number of nitrogens with one attached hydrogen (secondary N) is 1. The Labute approximate surface area is 206 Å². The second-order valence-corrected chi connectivity index (χ2v) is 11.8. The van der Waals surface area contributed by atoms with E-state index in [2.05, 4.69) is 31.0 Å². The Hall–Kier alpha value is -2.51. The average Bonchev–Trinajstić information content (AvgIpc) is 3.13. The fourth-order valence-corrected chi connectivity index (χ4v) is 4.88. The molecule has 2 aliphatic rings. The summed E-state index contributed by atoms with van der Waals surface area (Å²) < 4.78 is 5.60. The first kappa shape index (κ1) is 27.7. The largest absolute Gasteiger partial charge is 0.444 e. The van der Waals surface area contributed by atoms with E-state index in [1.54, 1.807) is 4.90 Å². The molecule has 8 nitrogen and oxygen atoms in total. The quantitative estimate of drug-likeness (QED) is 0.604. The van der Waals surface area contributed by atoms with Crippen molar-refractivity contribution in [3.63, 3.8) is 0 Å². The predicted molar refractivity (Wildman–Crippen MR) is 140 cm³/mol. The van der Waals surface area contributed by atoms with Crippen LogP contribution in [0.15, 0.2) is 12.1 Å². The van der Waals surface area contributed by atoms with Crippen LogP contribution in [0.5, 0.6) is 0 Å². The molecule has 192 valence electrons. The molecule has 1 unspecified atom stereocenters. The van der Waals surface area contributed by atoms with Crippen molar-refractivity contribution >= 4 is 29.8 Å². The van der Waals surface area contributed by atoms with Gasteiger partial charge in [-0.2, -0.15) is 0 Å². The van der Waals surface area contributed by atoms with Crippen LogP contribution in [0.4, 0.5) is 22.1 Å². The van der Waals surface area contributed by atoms with E-state index in [9.17, 15) is 9.59 Å². The molecule has 0 radical (unpaired) electrons.